The lowest BCUT2D eigenvalue weighted by molar-refractivity contribution is -0.137. The summed E-state index contributed by atoms with van der Waals surface area (Å²) in [7, 11) is 0. The number of fused-ring (bicyclic) bond motifs is 1. The average molecular weight is 307 g/mol. The molecule has 0 bridgehead atoms. The second-order valence-electron chi connectivity index (χ2n) is 6.43. The first-order valence-corrected chi connectivity index (χ1v) is 8.33. The summed E-state index contributed by atoms with van der Waals surface area (Å²) >= 11 is 0. The Morgan fingerprint density at radius 1 is 1.27 bits per heavy atom. The van der Waals surface area contributed by atoms with Crippen molar-refractivity contribution < 1.29 is 15.0 Å². The van der Waals surface area contributed by atoms with Gasteiger partial charge in [-0.05, 0) is 25.3 Å². The van der Waals surface area contributed by atoms with Gasteiger partial charge in [-0.15, -0.1) is 0 Å². The van der Waals surface area contributed by atoms with Crippen molar-refractivity contribution in [1.29, 1.82) is 0 Å². The minimum atomic E-state index is -0.943. The number of rotatable bonds is 3. The zero-order valence-corrected chi connectivity index (χ0v) is 12.9. The zero-order chi connectivity index (χ0) is 15.5. The lowest BCUT2D eigenvalue weighted by atomic mass is 9.88. The van der Waals surface area contributed by atoms with Gasteiger partial charge in [0.05, 0.1) is 24.5 Å². The van der Waals surface area contributed by atoms with Gasteiger partial charge in [0.1, 0.15) is 6.10 Å². The molecule has 3 rings (SSSR count). The summed E-state index contributed by atoms with van der Waals surface area (Å²) in [5.41, 5.74) is 1.44. The molecule has 22 heavy (non-hydrogen) atoms. The molecule has 2 heterocycles. The van der Waals surface area contributed by atoms with Gasteiger partial charge >= 0.3 is 0 Å². The Labute approximate surface area is 130 Å². The SMILES string of the molecule is O=C(C1CCCCC1)N1CCCn2nc([C@H](O)CO)cc2C1. The van der Waals surface area contributed by atoms with Gasteiger partial charge in [-0.2, -0.15) is 5.10 Å². The van der Waals surface area contributed by atoms with E-state index in [0.717, 1.165) is 50.9 Å². The first-order valence-electron chi connectivity index (χ1n) is 8.33. The molecular weight excluding hydrogens is 282 g/mol. The molecule has 6 heteroatoms. The van der Waals surface area contributed by atoms with Crippen LogP contribution in [0.5, 0.6) is 0 Å². The van der Waals surface area contributed by atoms with Crippen LogP contribution in [0.15, 0.2) is 6.07 Å². The second kappa shape index (κ2) is 6.79. The molecule has 1 atom stereocenters. The highest BCUT2D eigenvalue weighted by atomic mass is 16.3. The maximum absolute atomic E-state index is 12.7. The smallest absolute Gasteiger partial charge is 0.226 e. The number of nitrogens with zero attached hydrogens (tertiary/aromatic N) is 3. The van der Waals surface area contributed by atoms with Crippen LogP contribution in [0.4, 0.5) is 0 Å². The van der Waals surface area contributed by atoms with E-state index in [2.05, 4.69) is 5.10 Å². The van der Waals surface area contributed by atoms with Gasteiger partial charge in [0.2, 0.25) is 5.91 Å². The fourth-order valence-corrected chi connectivity index (χ4v) is 3.54. The van der Waals surface area contributed by atoms with E-state index in [-0.39, 0.29) is 18.4 Å². The third-order valence-electron chi connectivity index (χ3n) is 4.81. The van der Waals surface area contributed by atoms with Gasteiger partial charge in [0.15, 0.2) is 0 Å². The van der Waals surface area contributed by atoms with Gasteiger partial charge in [-0.1, -0.05) is 19.3 Å². The molecule has 1 amide bonds. The van der Waals surface area contributed by atoms with Crippen LogP contribution < -0.4 is 0 Å². The van der Waals surface area contributed by atoms with E-state index in [0.29, 0.717) is 12.2 Å². The molecule has 1 aromatic heterocycles. The van der Waals surface area contributed by atoms with E-state index in [1.54, 1.807) is 0 Å². The second-order valence-corrected chi connectivity index (χ2v) is 6.43. The molecule has 0 spiro atoms. The molecule has 6 nitrogen and oxygen atoms in total. The van der Waals surface area contributed by atoms with Gasteiger partial charge in [0.25, 0.3) is 0 Å². The molecule has 0 radical (unpaired) electrons. The van der Waals surface area contributed by atoms with E-state index in [4.69, 9.17) is 5.11 Å². The predicted molar refractivity (Wildman–Crippen MR) is 80.9 cm³/mol. The monoisotopic (exact) mass is 307 g/mol. The van der Waals surface area contributed by atoms with E-state index in [1.165, 1.54) is 6.42 Å². The van der Waals surface area contributed by atoms with Crippen LogP contribution in [-0.4, -0.2) is 44.0 Å². The number of aromatic nitrogens is 2. The van der Waals surface area contributed by atoms with Crippen molar-refractivity contribution in [1.82, 2.24) is 14.7 Å². The number of hydrogen-bond acceptors (Lipinski definition) is 4. The predicted octanol–water partition coefficient (Wildman–Crippen LogP) is 1.22. The van der Waals surface area contributed by atoms with Crippen molar-refractivity contribution in [3.63, 3.8) is 0 Å². The van der Waals surface area contributed by atoms with Crippen LogP contribution in [0.25, 0.3) is 0 Å². The number of hydrogen-bond donors (Lipinski definition) is 2. The molecule has 122 valence electrons. The lowest BCUT2D eigenvalue weighted by Crippen LogP contribution is -2.36. The van der Waals surface area contributed by atoms with Gasteiger partial charge < -0.3 is 15.1 Å². The first kappa shape index (κ1) is 15.5. The summed E-state index contributed by atoms with van der Waals surface area (Å²) in [4.78, 5) is 14.7. The number of aliphatic hydroxyl groups is 2. The summed E-state index contributed by atoms with van der Waals surface area (Å²) in [5, 5.41) is 23.1. The molecule has 1 aliphatic carbocycles. The Morgan fingerprint density at radius 3 is 2.77 bits per heavy atom. The maximum Gasteiger partial charge on any atom is 0.226 e. The number of aryl methyl sites for hydroxylation is 1. The van der Waals surface area contributed by atoms with Crippen LogP contribution in [0.3, 0.4) is 0 Å². The quantitative estimate of drug-likeness (QED) is 0.880. The Morgan fingerprint density at radius 2 is 2.05 bits per heavy atom. The highest BCUT2D eigenvalue weighted by molar-refractivity contribution is 5.78. The Balaban J connectivity index is 1.73. The summed E-state index contributed by atoms with van der Waals surface area (Å²) in [6.45, 7) is 1.75. The molecule has 1 fully saturated rings. The van der Waals surface area contributed by atoms with Gasteiger partial charge in [-0.3, -0.25) is 9.48 Å². The number of carbonyl (C=O) groups excluding carboxylic acids is 1. The van der Waals surface area contributed by atoms with Crippen molar-refractivity contribution in [2.24, 2.45) is 5.92 Å². The van der Waals surface area contributed by atoms with Crippen molar-refractivity contribution in [2.75, 3.05) is 13.2 Å². The lowest BCUT2D eigenvalue weighted by Gasteiger charge is -2.28. The number of amides is 1. The van der Waals surface area contributed by atoms with Crippen molar-refractivity contribution >= 4 is 5.91 Å². The fourth-order valence-electron chi connectivity index (χ4n) is 3.54. The molecule has 0 saturated heterocycles. The van der Waals surface area contributed by atoms with Crippen molar-refractivity contribution in [3.8, 4) is 0 Å². The standard InChI is InChI=1S/C16H25N3O3/c20-11-15(21)14-9-13-10-18(7-4-8-19(13)17-14)16(22)12-5-2-1-3-6-12/h9,12,15,20-21H,1-8,10-11H2/t15-/m1/s1. The fraction of sp³-hybridized carbons (Fsp3) is 0.750. The third kappa shape index (κ3) is 3.17. The minimum Gasteiger partial charge on any atom is -0.393 e. The van der Waals surface area contributed by atoms with Crippen LogP contribution in [0.1, 0.15) is 56.0 Å². The Kier molecular flexibility index (Phi) is 4.78. The normalized spacial score (nSPS) is 21.3. The summed E-state index contributed by atoms with van der Waals surface area (Å²) in [6.07, 6.45) is 5.54. The molecule has 1 aromatic rings. The zero-order valence-electron chi connectivity index (χ0n) is 12.9. The van der Waals surface area contributed by atoms with E-state index >= 15 is 0 Å². The average Bonchev–Trinajstić information content (AvgIpc) is 2.86. The highest BCUT2D eigenvalue weighted by Crippen LogP contribution is 2.27. The van der Waals surface area contributed by atoms with Crippen LogP contribution >= 0.6 is 0 Å². The van der Waals surface area contributed by atoms with Crippen LogP contribution in [0, 0.1) is 5.92 Å². The minimum absolute atomic E-state index is 0.186. The van der Waals surface area contributed by atoms with E-state index < -0.39 is 6.10 Å². The van der Waals surface area contributed by atoms with Crippen molar-refractivity contribution in [2.45, 2.75) is 57.7 Å². The topological polar surface area (TPSA) is 78.6 Å². The molecule has 2 aliphatic rings. The summed E-state index contributed by atoms with van der Waals surface area (Å²) in [6, 6.07) is 1.81. The van der Waals surface area contributed by atoms with Crippen LogP contribution in [-0.2, 0) is 17.9 Å². The summed E-state index contributed by atoms with van der Waals surface area (Å²) < 4.78 is 1.86. The molecular formula is C16H25N3O3. The molecule has 2 N–H and O–H groups in total. The molecule has 0 aromatic carbocycles. The molecule has 1 saturated carbocycles. The van der Waals surface area contributed by atoms with Crippen molar-refractivity contribution in [3.05, 3.63) is 17.5 Å². The first-order chi connectivity index (χ1) is 10.7. The summed E-state index contributed by atoms with van der Waals surface area (Å²) in [5.74, 6) is 0.462. The van der Waals surface area contributed by atoms with Crippen LogP contribution in [0.2, 0.25) is 0 Å². The Hall–Kier alpha value is -1.40. The van der Waals surface area contributed by atoms with E-state index in [1.807, 2.05) is 15.6 Å². The number of aliphatic hydroxyl groups excluding tert-OH is 2. The molecule has 1 aliphatic heterocycles. The number of carbonyl (C=O) groups is 1. The third-order valence-corrected chi connectivity index (χ3v) is 4.81. The largest absolute Gasteiger partial charge is 0.393 e. The highest BCUT2D eigenvalue weighted by Gasteiger charge is 2.28. The maximum atomic E-state index is 12.7. The van der Waals surface area contributed by atoms with Gasteiger partial charge in [-0.25, -0.2) is 0 Å². The molecule has 0 unspecified atom stereocenters. The van der Waals surface area contributed by atoms with Gasteiger partial charge in [0, 0.05) is 19.0 Å². The van der Waals surface area contributed by atoms with E-state index in [9.17, 15) is 9.90 Å². The Bertz CT molecular complexity index is 523.